The first-order valence-corrected chi connectivity index (χ1v) is 8.85. The van der Waals surface area contributed by atoms with E-state index in [1.165, 1.54) is 13.8 Å². The number of rotatable bonds is 10. The molecule has 6 heteroatoms. The molecule has 0 amide bonds. The smallest absolute Gasteiger partial charge is 0.347 e. The second-order valence-corrected chi connectivity index (χ2v) is 6.83. The Hall–Kier alpha value is -2.24. The molecule has 0 bridgehead atoms. The molecule has 5 nitrogen and oxygen atoms in total. The third-order valence-electron chi connectivity index (χ3n) is 3.70. The fourth-order valence-corrected chi connectivity index (χ4v) is 2.33. The minimum absolute atomic E-state index is 0.544. The average Bonchev–Trinajstić information content (AvgIpc) is 2.59. The fraction of sp³-hybridized carbons (Fsp3) is 0.350. The second kappa shape index (κ2) is 9.46. The maximum atomic E-state index is 11.1. The summed E-state index contributed by atoms with van der Waals surface area (Å²) in [6, 6.07) is 14.7. The number of carboxylic acids is 1. The van der Waals surface area contributed by atoms with Gasteiger partial charge < -0.3 is 19.9 Å². The van der Waals surface area contributed by atoms with Gasteiger partial charge in [0.1, 0.15) is 11.5 Å². The summed E-state index contributed by atoms with van der Waals surface area (Å²) in [4.78, 5) is 11.1. The van der Waals surface area contributed by atoms with Crippen LogP contribution in [0.3, 0.4) is 0 Å². The highest BCUT2D eigenvalue weighted by Gasteiger charge is 2.29. The molecule has 0 atom stereocenters. The number of hydrogen-bond acceptors (Lipinski definition) is 4. The highest BCUT2D eigenvalue weighted by Crippen LogP contribution is 2.20. The molecule has 2 aromatic rings. The molecule has 0 radical (unpaired) electrons. The predicted octanol–water partition coefficient (Wildman–Crippen LogP) is 4.14. The van der Waals surface area contributed by atoms with E-state index in [0.29, 0.717) is 23.9 Å². The molecular formula is C20H24ClNO4. The summed E-state index contributed by atoms with van der Waals surface area (Å²) in [6.07, 6.45) is 0.866. The van der Waals surface area contributed by atoms with Crippen molar-refractivity contribution in [3.63, 3.8) is 0 Å². The van der Waals surface area contributed by atoms with Gasteiger partial charge in [-0.05, 0) is 68.8 Å². The van der Waals surface area contributed by atoms with Gasteiger partial charge in [0.2, 0.25) is 0 Å². The number of hydrogen-bond donors (Lipinski definition) is 2. The molecule has 0 heterocycles. The van der Waals surface area contributed by atoms with Crippen molar-refractivity contribution in [3.8, 4) is 11.5 Å². The van der Waals surface area contributed by atoms with Gasteiger partial charge in [-0.3, -0.25) is 0 Å². The van der Waals surface area contributed by atoms with Crippen LogP contribution in [0.15, 0.2) is 48.5 Å². The Balaban J connectivity index is 1.70. The van der Waals surface area contributed by atoms with Crippen molar-refractivity contribution < 1.29 is 19.4 Å². The highest BCUT2D eigenvalue weighted by atomic mass is 35.5. The van der Waals surface area contributed by atoms with Gasteiger partial charge in [-0.1, -0.05) is 23.7 Å². The van der Waals surface area contributed by atoms with Crippen LogP contribution in [0.25, 0.3) is 0 Å². The first-order valence-electron chi connectivity index (χ1n) is 8.47. The van der Waals surface area contributed by atoms with E-state index in [0.717, 1.165) is 24.3 Å². The van der Waals surface area contributed by atoms with Gasteiger partial charge in [-0.2, -0.15) is 0 Å². The summed E-state index contributed by atoms with van der Waals surface area (Å²) in [5, 5.41) is 13.2. The molecule has 0 saturated heterocycles. The molecule has 140 valence electrons. The Labute approximate surface area is 158 Å². The molecule has 2 rings (SSSR count). The third-order valence-corrected chi connectivity index (χ3v) is 3.95. The maximum absolute atomic E-state index is 11.1. The monoisotopic (exact) mass is 377 g/mol. The molecule has 0 aromatic heterocycles. The summed E-state index contributed by atoms with van der Waals surface area (Å²) in [5.41, 5.74) is -0.229. The Morgan fingerprint density at radius 2 is 1.88 bits per heavy atom. The fourth-order valence-electron chi connectivity index (χ4n) is 2.21. The summed E-state index contributed by atoms with van der Waals surface area (Å²) in [7, 11) is 0. The number of nitrogens with one attached hydrogen (secondary N) is 1. The molecule has 0 unspecified atom stereocenters. The lowest BCUT2D eigenvalue weighted by molar-refractivity contribution is -0.152. The van der Waals surface area contributed by atoms with Crippen LogP contribution >= 0.6 is 11.6 Å². The van der Waals surface area contributed by atoms with Crippen molar-refractivity contribution in [1.82, 2.24) is 5.32 Å². The minimum atomic E-state index is -1.26. The van der Waals surface area contributed by atoms with Crippen LogP contribution in [0, 0.1) is 0 Å². The van der Waals surface area contributed by atoms with E-state index < -0.39 is 11.6 Å². The Bertz CT molecular complexity index is 716. The van der Waals surface area contributed by atoms with Gasteiger partial charge in [0, 0.05) is 11.6 Å². The molecule has 26 heavy (non-hydrogen) atoms. The van der Waals surface area contributed by atoms with E-state index in [1.54, 1.807) is 18.2 Å². The van der Waals surface area contributed by atoms with Gasteiger partial charge in [0.15, 0.2) is 5.60 Å². The quantitative estimate of drug-likeness (QED) is 0.609. The van der Waals surface area contributed by atoms with Crippen LogP contribution in [0.2, 0.25) is 5.02 Å². The molecule has 2 N–H and O–H groups in total. The van der Waals surface area contributed by atoms with Crippen molar-refractivity contribution >= 4 is 17.6 Å². The number of benzene rings is 2. The summed E-state index contributed by atoms with van der Waals surface area (Å²) < 4.78 is 11.2. The Morgan fingerprint density at radius 3 is 2.58 bits per heavy atom. The SMILES string of the molecule is CC(C)(Oc1cccc(CNCCCOc2ccc(Cl)cc2)c1)C(=O)O. The third kappa shape index (κ3) is 6.58. The number of aliphatic carboxylic acids is 1. The van der Waals surface area contributed by atoms with E-state index in [2.05, 4.69) is 5.32 Å². The normalized spacial score (nSPS) is 11.2. The summed E-state index contributed by atoms with van der Waals surface area (Å²) in [6.45, 7) is 5.15. The lowest BCUT2D eigenvalue weighted by atomic mass is 10.1. The van der Waals surface area contributed by atoms with Crippen molar-refractivity contribution in [1.29, 1.82) is 0 Å². The van der Waals surface area contributed by atoms with Crippen molar-refractivity contribution in [2.45, 2.75) is 32.4 Å². The molecule has 0 aliphatic heterocycles. The zero-order valence-electron chi connectivity index (χ0n) is 15.0. The van der Waals surface area contributed by atoms with Gasteiger partial charge >= 0.3 is 5.97 Å². The predicted molar refractivity (Wildman–Crippen MR) is 102 cm³/mol. The van der Waals surface area contributed by atoms with E-state index in [-0.39, 0.29) is 0 Å². The number of halogens is 1. The maximum Gasteiger partial charge on any atom is 0.347 e. The lowest BCUT2D eigenvalue weighted by Crippen LogP contribution is -2.37. The molecule has 0 saturated carbocycles. The van der Waals surface area contributed by atoms with Crippen LogP contribution in [0.4, 0.5) is 0 Å². The lowest BCUT2D eigenvalue weighted by Gasteiger charge is -2.21. The molecule has 0 spiro atoms. The van der Waals surface area contributed by atoms with Crippen LogP contribution in [0.5, 0.6) is 11.5 Å². The number of carbonyl (C=O) groups is 1. The van der Waals surface area contributed by atoms with Crippen LogP contribution in [-0.4, -0.2) is 29.8 Å². The standard InChI is InChI=1S/C20H24ClNO4/c1-20(2,19(23)24)26-18-6-3-5-15(13-18)14-22-11-4-12-25-17-9-7-16(21)8-10-17/h3,5-10,13,22H,4,11-12,14H2,1-2H3,(H,23,24). The zero-order valence-corrected chi connectivity index (χ0v) is 15.8. The second-order valence-electron chi connectivity index (χ2n) is 6.40. The van der Waals surface area contributed by atoms with Gasteiger partial charge in [-0.15, -0.1) is 0 Å². The number of carboxylic acid groups (broad SMARTS) is 1. The van der Waals surface area contributed by atoms with E-state index in [4.69, 9.17) is 26.2 Å². The van der Waals surface area contributed by atoms with Gasteiger partial charge in [-0.25, -0.2) is 4.79 Å². The average molecular weight is 378 g/mol. The largest absolute Gasteiger partial charge is 0.494 e. The summed E-state index contributed by atoms with van der Waals surface area (Å²) in [5.74, 6) is 0.352. The molecule has 0 fully saturated rings. The van der Waals surface area contributed by atoms with E-state index in [1.807, 2.05) is 30.3 Å². The van der Waals surface area contributed by atoms with Crippen molar-refractivity contribution in [3.05, 3.63) is 59.1 Å². The molecular weight excluding hydrogens is 354 g/mol. The van der Waals surface area contributed by atoms with Gasteiger partial charge in [0.25, 0.3) is 0 Å². The zero-order chi connectivity index (χ0) is 19.0. The topological polar surface area (TPSA) is 67.8 Å². The van der Waals surface area contributed by atoms with Crippen LogP contribution < -0.4 is 14.8 Å². The van der Waals surface area contributed by atoms with Gasteiger partial charge in [0.05, 0.1) is 6.61 Å². The molecule has 2 aromatic carbocycles. The minimum Gasteiger partial charge on any atom is -0.494 e. The molecule has 0 aliphatic rings. The van der Waals surface area contributed by atoms with E-state index in [9.17, 15) is 4.79 Å². The van der Waals surface area contributed by atoms with Crippen LogP contribution in [-0.2, 0) is 11.3 Å². The first kappa shape index (κ1) is 20.1. The van der Waals surface area contributed by atoms with E-state index >= 15 is 0 Å². The summed E-state index contributed by atoms with van der Waals surface area (Å²) >= 11 is 5.83. The van der Waals surface area contributed by atoms with Crippen molar-refractivity contribution in [2.75, 3.05) is 13.2 Å². The number of ether oxygens (including phenoxy) is 2. The van der Waals surface area contributed by atoms with Crippen molar-refractivity contribution in [2.24, 2.45) is 0 Å². The van der Waals surface area contributed by atoms with Crippen LogP contribution in [0.1, 0.15) is 25.8 Å². The highest BCUT2D eigenvalue weighted by molar-refractivity contribution is 6.30. The Morgan fingerprint density at radius 1 is 1.15 bits per heavy atom. The Kier molecular flexibility index (Phi) is 7.30. The molecule has 0 aliphatic carbocycles. The first-order chi connectivity index (χ1) is 12.4.